The van der Waals surface area contributed by atoms with Crippen LogP contribution in [0.3, 0.4) is 0 Å². The van der Waals surface area contributed by atoms with Crippen molar-refractivity contribution in [3.05, 3.63) is 107 Å². The van der Waals surface area contributed by atoms with E-state index in [9.17, 15) is 17.6 Å². The quantitative estimate of drug-likeness (QED) is 0.139. The van der Waals surface area contributed by atoms with Crippen LogP contribution in [0.2, 0.25) is 0 Å². The van der Waals surface area contributed by atoms with Crippen LogP contribution in [0.4, 0.5) is 4.39 Å². The van der Waals surface area contributed by atoms with Gasteiger partial charge in [-0.15, -0.1) is 0 Å². The Morgan fingerprint density at radius 3 is 1.92 bits per heavy atom. The van der Waals surface area contributed by atoms with Crippen LogP contribution in [0.25, 0.3) is 0 Å². The highest BCUT2D eigenvalue weighted by molar-refractivity contribution is 7.92. The summed E-state index contributed by atoms with van der Waals surface area (Å²) in [6, 6.07) is 18.6. The van der Waals surface area contributed by atoms with Crippen LogP contribution >= 0.6 is 0 Å². The van der Waals surface area contributed by atoms with Crippen LogP contribution in [-0.4, -0.2) is 43.8 Å². The molecule has 0 aliphatic rings. The normalized spacial score (nSPS) is 10.8. The van der Waals surface area contributed by atoms with E-state index in [-0.39, 0.29) is 24.4 Å². The van der Waals surface area contributed by atoms with E-state index < -0.39 is 9.84 Å². The molecule has 0 aliphatic carbocycles. The van der Waals surface area contributed by atoms with Gasteiger partial charge in [0, 0.05) is 13.1 Å². The van der Waals surface area contributed by atoms with E-state index in [1.165, 1.54) is 28.8 Å². The van der Waals surface area contributed by atoms with Crippen molar-refractivity contribution < 1.29 is 17.6 Å². The fourth-order valence-electron chi connectivity index (χ4n) is 4.29. The Morgan fingerprint density at radius 2 is 1.53 bits per heavy atom. The molecule has 2 rings (SSSR count). The molecule has 0 unspecified atom stereocenters. The SMILES string of the molecule is C.C=C/C(C)=C\C(F)=C/C.CC.CCCC(CCC)S(=O)(=O)CC(C)C.CCc1cccc(CN(C=O)CCCN)c1.Cc1ccccc1. The molecular weight excluding hydrogens is 632 g/mol. The van der Waals surface area contributed by atoms with Crippen molar-refractivity contribution in [1.82, 2.24) is 4.90 Å². The maximum absolute atomic E-state index is 12.3. The lowest BCUT2D eigenvalue weighted by Crippen LogP contribution is -2.26. The van der Waals surface area contributed by atoms with Crippen LogP contribution in [-0.2, 0) is 27.6 Å². The molecule has 2 aromatic rings. The number of nitrogens with two attached hydrogens (primary N) is 1. The molecule has 0 aromatic heterocycles. The van der Waals surface area contributed by atoms with Gasteiger partial charge >= 0.3 is 0 Å². The summed E-state index contributed by atoms with van der Waals surface area (Å²) in [5, 5.41) is -0.0973. The fourth-order valence-corrected chi connectivity index (χ4v) is 6.68. The van der Waals surface area contributed by atoms with Gasteiger partial charge in [-0.1, -0.05) is 148 Å². The predicted octanol–water partition coefficient (Wildman–Crippen LogP) is 11.2. The molecule has 49 heavy (non-hydrogen) atoms. The fraction of sp³-hybridized carbons (Fsp3) is 0.548. The molecular formula is C42H73FN2O3S. The van der Waals surface area contributed by atoms with E-state index in [2.05, 4.69) is 50.8 Å². The molecule has 0 radical (unpaired) electrons. The van der Waals surface area contributed by atoms with Gasteiger partial charge in [0.1, 0.15) is 5.83 Å². The molecule has 0 bridgehead atoms. The number of nitrogens with zero attached hydrogens (tertiary/aromatic N) is 1. The van der Waals surface area contributed by atoms with E-state index in [1.54, 1.807) is 24.8 Å². The summed E-state index contributed by atoms with van der Waals surface area (Å²) in [7, 11) is -2.85. The third-order valence-corrected chi connectivity index (χ3v) is 9.40. The highest BCUT2D eigenvalue weighted by atomic mass is 32.2. The molecule has 0 spiro atoms. The molecule has 0 fully saturated rings. The zero-order valence-electron chi connectivity index (χ0n) is 32.0. The topological polar surface area (TPSA) is 80.5 Å². The number of sulfone groups is 1. The van der Waals surface area contributed by atoms with Crippen molar-refractivity contribution >= 4 is 16.2 Å². The Bertz CT molecular complexity index is 1220. The molecule has 5 nitrogen and oxygen atoms in total. The Balaban J connectivity index is -0.000000280. The first kappa shape index (κ1) is 52.8. The maximum Gasteiger partial charge on any atom is 0.210 e. The second-order valence-electron chi connectivity index (χ2n) is 11.7. The number of carbonyl (C=O) groups excluding carboxylic acids is 1. The lowest BCUT2D eigenvalue weighted by atomic mass is 10.1. The van der Waals surface area contributed by atoms with Crippen LogP contribution in [0.1, 0.15) is 119 Å². The number of hydrogen-bond acceptors (Lipinski definition) is 4. The molecule has 0 saturated heterocycles. The van der Waals surface area contributed by atoms with E-state index >= 15 is 0 Å². The number of halogens is 1. The standard InChI is InChI=1S/C13H20N2O.C11H24O2S.C8H11F.C7H8.C2H6.CH4/c1-2-12-5-3-6-13(9-12)10-15(11-16)8-4-7-14;1-5-7-11(8-6-2)14(12,13)9-10(3)4;1-4-7(3)6-8(9)5-2;1-7-5-3-2-4-6-7;1-2;/h3,5-6,9,11H,2,4,7-8,10,14H2,1H3;10-11H,5-9H2,1-4H3;4-6H,1H2,2-3H3;2-6H,1H3;1-2H3;1H4/b;;7-6-,8-5+;;;. The van der Waals surface area contributed by atoms with Gasteiger partial charge in [-0.05, 0) is 81.7 Å². The minimum absolute atomic E-state index is 0. The van der Waals surface area contributed by atoms with E-state index in [0.717, 1.165) is 57.1 Å². The van der Waals surface area contributed by atoms with Crippen LogP contribution in [0.15, 0.2) is 90.8 Å². The number of aryl methyl sites for hydroxylation is 2. The monoisotopic (exact) mass is 705 g/mol. The van der Waals surface area contributed by atoms with Crippen LogP contribution in [0.5, 0.6) is 0 Å². The van der Waals surface area contributed by atoms with E-state index in [0.29, 0.717) is 18.8 Å². The van der Waals surface area contributed by atoms with Gasteiger partial charge in [-0.2, -0.15) is 0 Å². The lowest BCUT2D eigenvalue weighted by molar-refractivity contribution is -0.118. The molecule has 0 aliphatic heterocycles. The highest BCUT2D eigenvalue weighted by Crippen LogP contribution is 2.17. The van der Waals surface area contributed by atoms with Crippen molar-refractivity contribution in [3.63, 3.8) is 0 Å². The minimum atomic E-state index is -2.85. The summed E-state index contributed by atoms with van der Waals surface area (Å²) in [5.74, 6) is 0.376. The van der Waals surface area contributed by atoms with E-state index in [1.807, 2.05) is 65.8 Å². The van der Waals surface area contributed by atoms with Gasteiger partial charge in [-0.3, -0.25) is 4.79 Å². The second-order valence-corrected chi connectivity index (χ2v) is 14.1. The Kier molecular flexibility index (Phi) is 37.5. The average molecular weight is 705 g/mol. The molecule has 0 saturated carbocycles. The zero-order chi connectivity index (χ0) is 37.4. The Labute approximate surface area is 302 Å². The number of hydrogen-bond donors (Lipinski definition) is 1. The summed E-state index contributed by atoms with van der Waals surface area (Å²) in [6.07, 6.45) is 10.8. The largest absolute Gasteiger partial charge is 0.341 e. The zero-order valence-corrected chi connectivity index (χ0v) is 32.8. The summed E-state index contributed by atoms with van der Waals surface area (Å²) in [4.78, 5) is 12.6. The first-order valence-electron chi connectivity index (χ1n) is 17.7. The summed E-state index contributed by atoms with van der Waals surface area (Å²) >= 11 is 0. The van der Waals surface area contributed by atoms with Crippen molar-refractivity contribution in [2.45, 2.75) is 127 Å². The van der Waals surface area contributed by atoms with Crippen LogP contribution < -0.4 is 5.73 Å². The first-order valence-corrected chi connectivity index (χ1v) is 19.4. The van der Waals surface area contributed by atoms with Crippen molar-refractivity contribution in [1.29, 1.82) is 0 Å². The molecule has 0 atom stereocenters. The van der Waals surface area contributed by atoms with Crippen LogP contribution in [0, 0.1) is 12.8 Å². The molecule has 2 N–H and O–H groups in total. The van der Waals surface area contributed by atoms with Gasteiger partial charge in [0.2, 0.25) is 6.41 Å². The summed E-state index contributed by atoms with van der Waals surface area (Å²) in [5.41, 5.74) is 10.1. The third-order valence-electron chi connectivity index (χ3n) is 6.78. The van der Waals surface area contributed by atoms with Gasteiger partial charge in [-0.25, -0.2) is 12.8 Å². The van der Waals surface area contributed by atoms with Crippen molar-refractivity contribution in [2.24, 2.45) is 11.7 Å². The number of rotatable bonds is 16. The average Bonchev–Trinajstić information content (AvgIpc) is 3.08. The summed E-state index contributed by atoms with van der Waals surface area (Å²) in [6.45, 7) is 25.2. The molecule has 282 valence electrons. The molecule has 1 amide bonds. The second kappa shape index (κ2) is 34.8. The number of allylic oxidation sites excluding steroid dienone is 5. The van der Waals surface area contributed by atoms with Gasteiger partial charge < -0.3 is 10.6 Å². The summed E-state index contributed by atoms with van der Waals surface area (Å²) < 4.78 is 36.1. The first-order chi connectivity index (χ1) is 22.8. The van der Waals surface area contributed by atoms with Crippen molar-refractivity contribution in [3.8, 4) is 0 Å². The van der Waals surface area contributed by atoms with Crippen molar-refractivity contribution in [2.75, 3.05) is 18.8 Å². The van der Waals surface area contributed by atoms with Gasteiger partial charge in [0.25, 0.3) is 0 Å². The third kappa shape index (κ3) is 30.7. The lowest BCUT2D eigenvalue weighted by Gasteiger charge is -2.17. The predicted molar refractivity (Wildman–Crippen MR) is 216 cm³/mol. The number of carbonyl (C=O) groups is 1. The highest BCUT2D eigenvalue weighted by Gasteiger charge is 2.24. The minimum Gasteiger partial charge on any atom is -0.341 e. The number of benzene rings is 2. The van der Waals surface area contributed by atoms with E-state index in [4.69, 9.17) is 5.73 Å². The van der Waals surface area contributed by atoms with Gasteiger partial charge in [0.05, 0.1) is 11.0 Å². The molecule has 0 heterocycles. The molecule has 2 aromatic carbocycles. The molecule has 7 heteroatoms. The smallest absolute Gasteiger partial charge is 0.210 e. The Hall–Kier alpha value is -3.03. The van der Waals surface area contributed by atoms with Gasteiger partial charge in [0.15, 0.2) is 9.84 Å². The number of amides is 1. The Morgan fingerprint density at radius 1 is 0.980 bits per heavy atom. The maximum atomic E-state index is 12.3.